The SMILES string of the molecule is O=[N+]([O-])c1ccccc1-c1ccc(Br)cc1O. The minimum atomic E-state index is -0.461. The molecule has 86 valence electrons. The Bertz CT molecular complexity index is 584. The van der Waals surface area contributed by atoms with Gasteiger partial charge in [0.15, 0.2) is 0 Å². The summed E-state index contributed by atoms with van der Waals surface area (Å²) in [7, 11) is 0. The maximum atomic E-state index is 10.9. The first-order chi connectivity index (χ1) is 8.09. The first-order valence-corrected chi connectivity index (χ1v) is 5.61. The Morgan fingerprint density at radius 3 is 2.47 bits per heavy atom. The van der Waals surface area contributed by atoms with E-state index in [0.29, 0.717) is 11.1 Å². The molecule has 0 heterocycles. The molecule has 0 unspecified atom stereocenters. The molecule has 0 atom stereocenters. The molecule has 0 amide bonds. The molecule has 0 bridgehead atoms. The highest BCUT2D eigenvalue weighted by molar-refractivity contribution is 9.10. The lowest BCUT2D eigenvalue weighted by Crippen LogP contribution is -1.91. The molecular formula is C12H8BrNO3. The summed E-state index contributed by atoms with van der Waals surface area (Å²) in [4.78, 5) is 10.4. The van der Waals surface area contributed by atoms with Crippen molar-refractivity contribution in [1.82, 2.24) is 0 Å². The summed E-state index contributed by atoms with van der Waals surface area (Å²) in [6, 6.07) is 11.2. The number of rotatable bonds is 2. The first kappa shape index (κ1) is 11.6. The molecule has 0 saturated carbocycles. The van der Waals surface area contributed by atoms with Gasteiger partial charge < -0.3 is 5.11 Å². The van der Waals surface area contributed by atoms with Crippen LogP contribution in [0.2, 0.25) is 0 Å². The molecule has 5 heteroatoms. The molecule has 2 rings (SSSR count). The fourth-order valence-electron chi connectivity index (χ4n) is 1.59. The summed E-state index contributed by atoms with van der Waals surface area (Å²) >= 11 is 3.22. The number of aromatic hydroxyl groups is 1. The van der Waals surface area contributed by atoms with E-state index in [1.165, 1.54) is 12.1 Å². The predicted octanol–water partition coefficient (Wildman–Crippen LogP) is 3.73. The van der Waals surface area contributed by atoms with Crippen LogP contribution >= 0.6 is 15.9 Å². The van der Waals surface area contributed by atoms with E-state index in [1.807, 2.05) is 0 Å². The van der Waals surface area contributed by atoms with Gasteiger partial charge in [0.2, 0.25) is 0 Å². The molecule has 0 saturated heterocycles. The van der Waals surface area contributed by atoms with Gasteiger partial charge in [-0.1, -0.05) is 28.1 Å². The van der Waals surface area contributed by atoms with Crippen LogP contribution < -0.4 is 0 Å². The summed E-state index contributed by atoms with van der Waals surface area (Å²) < 4.78 is 0.720. The summed E-state index contributed by atoms with van der Waals surface area (Å²) in [6.07, 6.45) is 0. The van der Waals surface area contributed by atoms with E-state index in [9.17, 15) is 15.2 Å². The van der Waals surface area contributed by atoms with Crippen LogP contribution in [0, 0.1) is 10.1 Å². The van der Waals surface area contributed by atoms with E-state index in [2.05, 4.69) is 15.9 Å². The summed E-state index contributed by atoms with van der Waals surface area (Å²) in [5.41, 5.74) is 0.827. The zero-order valence-electron chi connectivity index (χ0n) is 8.63. The van der Waals surface area contributed by atoms with Gasteiger partial charge in [-0.15, -0.1) is 0 Å². The average molecular weight is 294 g/mol. The van der Waals surface area contributed by atoms with E-state index in [4.69, 9.17) is 0 Å². The third-order valence-corrected chi connectivity index (χ3v) is 2.84. The number of phenols is 1. The number of hydrogen-bond donors (Lipinski definition) is 1. The molecule has 17 heavy (non-hydrogen) atoms. The molecular weight excluding hydrogens is 286 g/mol. The first-order valence-electron chi connectivity index (χ1n) is 4.82. The van der Waals surface area contributed by atoms with Crippen LogP contribution in [0.4, 0.5) is 5.69 Å². The highest BCUT2D eigenvalue weighted by Gasteiger charge is 2.16. The fourth-order valence-corrected chi connectivity index (χ4v) is 1.94. The zero-order valence-corrected chi connectivity index (χ0v) is 10.2. The maximum Gasteiger partial charge on any atom is 0.277 e. The molecule has 2 aromatic carbocycles. The zero-order chi connectivity index (χ0) is 12.4. The quantitative estimate of drug-likeness (QED) is 0.678. The Hall–Kier alpha value is -1.88. The summed E-state index contributed by atoms with van der Waals surface area (Å²) in [5.74, 6) is 0.00803. The van der Waals surface area contributed by atoms with Crippen molar-refractivity contribution in [2.75, 3.05) is 0 Å². The van der Waals surface area contributed by atoms with Crippen molar-refractivity contribution >= 4 is 21.6 Å². The Morgan fingerprint density at radius 2 is 1.82 bits per heavy atom. The molecule has 1 N–H and O–H groups in total. The summed E-state index contributed by atoms with van der Waals surface area (Å²) in [6.45, 7) is 0. The predicted molar refractivity (Wildman–Crippen MR) is 67.9 cm³/mol. The van der Waals surface area contributed by atoms with Crippen molar-refractivity contribution in [3.8, 4) is 16.9 Å². The van der Waals surface area contributed by atoms with Crippen molar-refractivity contribution in [1.29, 1.82) is 0 Å². The number of nitro benzene ring substituents is 1. The fraction of sp³-hybridized carbons (Fsp3) is 0. The number of nitrogens with zero attached hydrogens (tertiary/aromatic N) is 1. The minimum Gasteiger partial charge on any atom is -0.507 e. The molecule has 0 aromatic heterocycles. The Labute approximate surface area is 106 Å². The van der Waals surface area contributed by atoms with E-state index >= 15 is 0 Å². The highest BCUT2D eigenvalue weighted by Crippen LogP contribution is 2.36. The lowest BCUT2D eigenvalue weighted by atomic mass is 10.0. The Kier molecular flexibility index (Phi) is 3.10. The van der Waals surface area contributed by atoms with Crippen LogP contribution in [0.1, 0.15) is 0 Å². The van der Waals surface area contributed by atoms with Crippen molar-refractivity contribution in [3.05, 3.63) is 57.1 Å². The van der Waals surface area contributed by atoms with Gasteiger partial charge >= 0.3 is 0 Å². The van der Waals surface area contributed by atoms with Gasteiger partial charge in [-0.05, 0) is 24.3 Å². The van der Waals surface area contributed by atoms with Crippen molar-refractivity contribution in [2.45, 2.75) is 0 Å². The second-order valence-electron chi connectivity index (χ2n) is 3.44. The van der Waals surface area contributed by atoms with Gasteiger partial charge in [0.05, 0.1) is 10.5 Å². The van der Waals surface area contributed by atoms with E-state index < -0.39 is 4.92 Å². The molecule has 0 aliphatic carbocycles. The van der Waals surface area contributed by atoms with Crippen molar-refractivity contribution in [3.63, 3.8) is 0 Å². The maximum absolute atomic E-state index is 10.9. The molecule has 4 nitrogen and oxygen atoms in total. The van der Waals surface area contributed by atoms with Gasteiger partial charge in [0.25, 0.3) is 5.69 Å². The number of nitro groups is 1. The normalized spacial score (nSPS) is 10.2. The highest BCUT2D eigenvalue weighted by atomic mass is 79.9. The number of halogens is 1. The third-order valence-electron chi connectivity index (χ3n) is 2.35. The van der Waals surface area contributed by atoms with Crippen LogP contribution in [0.25, 0.3) is 11.1 Å². The number of benzene rings is 2. The lowest BCUT2D eigenvalue weighted by Gasteiger charge is -2.05. The smallest absolute Gasteiger partial charge is 0.277 e. The number of hydrogen-bond acceptors (Lipinski definition) is 3. The van der Waals surface area contributed by atoms with Crippen LogP contribution in [0.3, 0.4) is 0 Å². The topological polar surface area (TPSA) is 63.4 Å². The second-order valence-corrected chi connectivity index (χ2v) is 4.35. The van der Waals surface area contributed by atoms with Crippen LogP contribution in [-0.4, -0.2) is 10.0 Å². The minimum absolute atomic E-state index is 0.00803. The molecule has 2 aromatic rings. The third kappa shape index (κ3) is 2.29. The van der Waals surface area contributed by atoms with E-state index in [0.717, 1.165) is 4.47 Å². The second kappa shape index (κ2) is 4.55. The number of para-hydroxylation sites is 1. The van der Waals surface area contributed by atoms with Gasteiger partial charge in [0.1, 0.15) is 5.75 Å². The largest absolute Gasteiger partial charge is 0.507 e. The molecule has 0 aliphatic heterocycles. The standard InChI is InChI=1S/C12H8BrNO3/c13-8-5-6-10(12(15)7-8)9-3-1-2-4-11(9)14(16)17/h1-7,15H. The number of phenolic OH excluding ortho intramolecular Hbond substituents is 1. The molecule has 0 spiro atoms. The van der Waals surface area contributed by atoms with Crippen LogP contribution in [0.15, 0.2) is 46.9 Å². The molecule has 0 fully saturated rings. The Balaban J connectivity index is 2.64. The lowest BCUT2D eigenvalue weighted by molar-refractivity contribution is -0.384. The van der Waals surface area contributed by atoms with Crippen LogP contribution in [0.5, 0.6) is 5.75 Å². The van der Waals surface area contributed by atoms with Gasteiger partial charge in [-0.2, -0.15) is 0 Å². The van der Waals surface area contributed by atoms with E-state index in [1.54, 1.807) is 30.3 Å². The molecule has 0 radical (unpaired) electrons. The molecule has 0 aliphatic rings. The van der Waals surface area contributed by atoms with Gasteiger partial charge in [0, 0.05) is 16.1 Å². The van der Waals surface area contributed by atoms with Crippen LogP contribution in [-0.2, 0) is 0 Å². The average Bonchev–Trinajstić information content (AvgIpc) is 2.29. The Morgan fingerprint density at radius 1 is 1.12 bits per heavy atom. The monoisotopic (exact) mass is 293 g/mol. The van der Waals surface area contributed by atoms with Crippen molar-refractivity contribution in [2.24, 2.45) is 0 Å². The van der Waals surface area contributed by atoms with Crippen molar-refractivity contribution < 1.29 is 10.0 Å². The van der Waals surface area contributed by atoms with Gasteiger partial charge in [-0.3, -0.25) is 10.1 Å². The van der Waals surface area contributed by atoms with E-state index in [-0.39, 0.29) is 11.4 Å². The van der Waals surface area contributed by atoms with Gasteiger partial charge in [-0.25, -0.2) is 0 Å². The summed E-state index contributed by atoms with van der Waals surface area (Å²) in [5, 5.41) is 20.7.